The normalized spacial score (nSPS) is 14.1. The number of carbonyl (C=O) groups is 1. The first-order chi connectivity index (χ1) is 5.44. The maximum Gasteiger partial charge on any atom is 0.311 e. The van der Waals surface area contributed by atoms with Crippen LogP contribution >= 0.6 is 0 Å². The van der Waals surface area contributed by atoms with Gasteiger partial charge in [0.1, 0.15) is 6.10 Å². The minimum atomic E-state index is -0.350. The van der Waals surface area contributed by atoms with E-state index in [4.69, 9.17) is 4.74 Å². The zero-order chi connectivity index (χ0) is 9.78. The van der Waals surface area contributed by atoms with Gasteiger partial charge in [0.2, 0.25) is 0 Å². The van der Waals surface area contributed by atoms with Crippen LogP contribution < -0.4 is 0 Å². The molecular formula is C10H19O2. The van der Waals surface area contributed by atoms with Crippen LogP contribution in [0.5, 0.6) is 0 Å². The van der Waals surface area contributed by atoms with Gasteiger partial charge in [-0.2, -0.15) is 0 Å². The molecule has 0 unspecified atom stereocenters. The molecule has 0 aromatic carbocycles. The molecule has 0 N–H and O–H groups in total. The molecule has 0 heterocycles. The molecule has 0 saturated heterocycles. The Morgan fingerprint density at radius 2 is 2.08 bits per heavy atom. The van der Waals surface area contributed by atoms with Crippen molar-refractivity contribution in [2.75, 3.05) is 0 Å². The standard InChI is InChI=1S/C10H19O2/c1-6-8(3)12-9(11)10(4,5)7-2/h6,8H,7H2,1-5H3/t8-/m0/s1. The molecule has 0 spiro atoms. The first kappa shape index (κ1) is 11.5. The molecule has 0 amide bonds. The van der Waals surface area contributed by atoms with Crippen LogP contribution in [0.4, 0.5) is 0 Å². The maximum atomic E-state index is 11.4. The third-order valence-corrected chi connectivity index (χ3v) is 2.20. The lowest BCUT2D eigenvalue weighted by Crippen LogP contribution is -2.28. The smallest absolute Gasteiger partial charge is 0.311 e. The van der Waals surface area contributed by atoms with Gasteiger partial charge in [-0.1, -0.05) is 13.8 Å². The molecule has 1 atom stereocenters. The monoisotopic (exact) mass is 171 g/mol. The molecule has 0 aliphatic heterocycles. The van der Waals surface area contributed by atoms with Crippen molar-refractivity contribution in [3.8, 4) is 0 Å². The predicted molar refractivity (Wildman–Crippen MR) is 49.6 cm³/mol. The Hall–Kier alpha value is -0.530. The Morgan fingerprint density at radius 1 is 1.58 bits per heavy atom. The molecule has 71 valence electrons. The van der Waals surface area contributed by atoms with Crippen molar-refractivity contribution < 1.29 is 9.53 Å². The lowest BCUT2D eigenvalue weighted by Gasteiger charge is -2.22. The summed E-state index contributed by atoms with van der Waals surface area (Å²) in [7, 11) is 0. The fourth-order valence-electron chi connectivity index (χ4n) is 0.541. The van der Waals surface area contributed by atoms with Crippen LogP contribution in [0.3, 0.4) is 0 Å². The number of hydrogen-bond acceptors (Lipinski definition) is 2. The fraction of sp³-hybridized carbons (Fsp3) is 0.800. The molecule has 12 heavy (non-hydrogen) atoms. The van der Waals surface area contributed by atoms with Gasteiger partial charge >= 0.3 is 5.97 Å². The average Bonchev–Trinajstić information content (AvgIpc) is 2.04. The van der Waals surface area contributed by atoms with Gasteiger partial charge < -0.3 is 4.74 Å². The van der Waals surface area contributed by atoms with E-state index in [1.165, 1.54) is 0 Å². The highest BCUT2D eigenvalue weighted by Crippen LogP contribution is 2.22. The van der Waals surface area contributed by atoms with E-state index in [0.717, 1.165) is 6.42 Å². The van der Waals surface area contributed by atoms with Gasteiger partial charge in [0.25, 0.3) is 0 Å². The minimum Gasteiger partial charge on any atom is -0.462 e. The molecule has 1 radical (unpaired) electrons. The van der Waals surface area contributed by atoms with E-state index < -0.39 is 0 Å². The largest absolute Gasteiger partial charge is 0.462 e. The zero-order valence-corrected chi connectivity index (χ0v) is 8.68. The molecule has 0 aliphatic carbocycles. The average molecular weight is 171 g/mol. The second kappa shape index (κ2) is 4.48. The number of hydrogen-bond donors (Lipinski definition) is 0. The summed E-state index contributed by atoms with van der Waals surface area (Å²) in [4.78, 5) is 11.4. The number of rotatable bonds is 4. The molecule has 0 aliphatic rings. The van der Waals surface area contributed by atoms with Crippen LogP contribution in [-0.2, 0) is 9.53 Å². The molecule has 2 heteroatoms. The van der Waals surface area contributed by atoms with E-state index in [-0.39, 0.29) is 17.5 Å². The Morgan fingerprint density at radius 3 is 2.42 bits per heavy atom. The van der Waals surface area contributed by atoms with Gasteiger partial charge in [0, 0.05) is 0 Å². The van der Waals surface area contributed by atoms with Crippen LogP contribution in [0.1, 0.15) is 41.0 Å². The van der Waals surface area contributed by atoms with Crippen molar-refractivity contribution in [2.24, 2.45) is 5.41 Å². The molecule has 0 aromatic heterocycles. The summed E-state index contributed by atoms with van der Waals surface area (Å²) in [6.07, 6.45) is 2.59. The Labute approximate surface area is 75.3 Å². The number of esters is 1. The predicted octanol–water partition coefficient (Wildman–Crippen LogP) is 2.58. The van der Waals surface area contributed by atoms with E-state index >= 15 is 0 Å². The molecule has 0 saturated carbocycles. The topological polar surface area (TPSA) is 26.3 Å². The molecule has 0 bridgehead atoms. The number of carbonyl (C=O) groups excluding carboxylic acids is 1. The van der Waals surface area contributed by atoms with Crippen molar-refractivity contribution >= 4 is 5.97 Å². The highest BCUT2D eigenvalue weighted by Gasteiger charge is 2.27. The summed E-state index contributed by atoms with van der Waals surface area (Å²) >= 11 is 0. The van der Waals surface area contributed by atoms with E-state index in [0.29, 0.717) is 0 Å². The first-order valence-electron chi connectivity index (χ1n) is 4.44. The molecule has 0 aromatic rings. The quantitative estimate of drug-likeness (QED) is 0.608. The molecule has 0 fully saturated rings. The Balaban J connectivity index is 4.03. The van der Waals surface area contributed by atoms with Crippen molar-refractivity contribution in [1.82, 2.24) is 0 Å². The van der Waals surface area contributed by atoms with Gasteiger partial charge in [-0.05, 0) is 33.6 Å². The summed E-state index contributed by atoms with van der Waals surface area (Å²) < 4.78 is 5.16. The van der Waals surface area contributed by atoms with Crippen molar-refractivity contribution in [2.45, 2.75) is 47.1 Å². The van der Waals surface area contributed by atoms with Gasteiger partial charge in [-0.25, -0.2) is 0 Å². The number of ether oxygens (including phenoxy) is 1. The van der Waals surface area contributed by atoms with E-state index in [9.17, 15) is 4.79 Å². The van der Waals surface area contributed by atoms with E-state index in [1.54, 1.807) is 0 Å². The zero-order valence-electron chi connectivity index (χ0n) is 8.68. The second-order valence-electron chi connectivity index (χ2n) is 3.68. The highest BCUT2D eigenvalue weighted by atomic mass is 16.5. The second-order valence-corrected chi connectivity index (χ2v) is 3.68. The third kappa shape index (κ3) is 3.24. The lowest BCUT2D eigenvalue weighted by molar-refractivity contribution is -0.157. The summed E-state index contributed by atoms with van der Waals surface area (Å²) in [5, 5.41) is 0. The van der Waals surface area contributed by atoms with Crippen LogP contribution in [0, 0.1) is 11.8 Å². The Bertz CT molecular complexity index is 150. The van der Waals surface area contributed by atoms with E-state index in [1.807, 2.05) is 41.0 Å². The Kier molecular flexibility index (Phi) is 4.29. The van der Waals surface area contributed by atoms with Gasteiger partial charge in [0.05, 0.1) is 5.41 Å². The van der Waals surface area contributed by atoms with Gasteiger partial charge in [0.15, 0.2) is 0 Å². The van der Waals surface area contributed by atoms with Crippen molar-refractivity contribution in [1.29, 1.82) is 0 Å². The van der Waals surface area contributed by atoms with Crippen LogP contribution in [0.2, 0.25) is 0 Å². The molecule has 0 rings (SSSR count). The SMILES string of the molecule is C[CH][C@H](C)OC(=O)C(C)(C)CC. The molecule has 2 nitrogen and oxygen atoms in total. The summed E-state index contributed by atoms with van der Waals surface area (Å²) in [5.41, 5.74) is -0.350. The first-order valence-corrected chi connectivity index (χ1v) is 4.44. The fourth-order valence-corrected chi connectivity index (χ4v) is 0.541. The highest BCUT2D eigenvalue weighted by molar-refractivity contribution is 5.76. The summed E-state index contributed by atoms with van der Waals surface area (Å²) in [5.74, 6) is -0.115. The maximum absolute atomic E-state index is 11.4. The lowest BCUT2D eigenvalue weighted by atomic mass is 9.90. The van der Waals surface area contributed by atoms with Crippen molar-refractivity contribution in [3.63, 3.8) is 0 Å². The van der Waals surface area contributed by atoms with Crippen LogP contribution in [0.15, 0.2) is 0 Å². The summed E-state index contributed by atoms with van der Waals surface area (Å²) in [6, 6.07) is 0. The minimum absolute atomic E-state index is 0.0803. The van der Waals surface area contributed by atoms with Crippen LogP contribution in [0.25, 0.3) is 0 Å². The molecular weight excluding hydrogens is 152 g/mol. The van der Waals surface area contributed by atoms with E-state index in [2.05, 4.69) is 0 Å². The summed E-state index contributed by atoms with van der Waals surface area (Å²) in [6.45, 7) is 9.54. The van der Waals surface area contributed by atoms with Gasteiger partial charge in [-0.15, -0.1) is 0 Å². The van der Waals surface area contributed by atoms with Crippen molar-refractivity contribution in [3.05, 3.63) is 6.42 Å². The van der Waals surface area contributed by atoms with Crippen LogP contribution in [-0.4, -0.2) is 12.1 Å². The third-order valence-electron chi connectivity index (χ3n) is 2.20. The van der Waals surface area contributed by atoms with Gasteiger partial charge in [-0.3, -0.25) is 4.79 Å².